The molecule has 1 unspecified atom stereocenters. The van der Waals surface area contributed by atoms with E-state index in [0.717, 1.165) is 32.2 Å². The minimum atomic E-state index is -0.166. The highest BCUT2D eigenvalue weighted by atomic mass is 16.3. The van der Waals surface area contributed by atoms with Crippen LogP contribution in [0.2, 0.25) is 0 Å². The number of carbonyl (C=O) groups excluding carboxylic acids is 1. The normalized spacial score (nSPS) is 24.5. The Balaban J connectivity index is 1.72. The zero-order valence-electron chi connectivity index (χ0n) is 12.8. The molecule has 4 heteroatoms. The second kappa shape index (κ2) is 7.41. The monoisotopic (exact) mass is 282 g/mol. The SMILES string of the molecule is CC(NCC1(CO)CCCC1)C(=O)NC1CCCCC1. The maximum atomic E-state index is 12.2. The molecule has 0 bridgehead atoms. The summed E-state index contributed by atoms with van der Waals surface area (Å²) in [5.74, 6) is 0.114. The molecule has 0 heterocycles. The van der Waals surface area contributed by atoms with Crippen LogP contribution in [0, 0.1) is 5.41 Å². The van der Waals surface area contributed by atoms with Crippen LogP contribution >= 0.6 is 0 Å². The van der Waals surface area contributed by atoms with Gasteiger partial charge >= 0.3 is 0 Å². The molecule has 1 amide bonds. The van der Waals surface area contributed by atoms with Crippen LogP contribution in [0.3, 0.4) is 0 Å². The van der Waals surface area contributed by atoms with E-state index in [1.807, 2.05) is 6.92 Å². The molecule has 1 atom stereocenters. The molecule has 0 aromatic carbocycles. The Hall–Kier alpha value is -0.610. The Morgan fingerprint density at radius 3 is 2.45 bits per heavy atom. The van der Waals surface area contributed by atoms with Crippen molar-refractivity contribution in [1.29, 1.82) is 0 Å². The molecule has 2 fully saturated rings. The summed E-state index contributed by atoms with van der Waals surface area (Å²) in [5, 5.41) is 16.1. The Bertz CT molecular complexity index is 308. The van der Waals surface area contributed by atoms with Crippen molar-refractivity contribution < 1.29 is 9.90 Å². The van der Waals surface area contributed by atoms with Gasteiger partial charge in [-0.3, -0.25) is 4.79 Å². The van der Waals surface area contributed by atoms with Crippen molar-refractivity contribution in [2.45, 2.75) is 76.8 Å². The van der Waals surface area contributed by atoms with Gasteiger partial charge < -0.3 is 15.7 Å². The molecular formula is C16H30N2O2. The lowest BCUT2D eigenvalue weighted by atomic mass is 9.87. The molecule has 2 saturated carbocycles. The van der Waals surface area contributed by atoms with E-state index in [0.29, 0.717) is 6.04 Å². The molecule has 20 heavy (non-hydrogen) atoms. The highest BCUT2D eigenvalue weighted by Crippen LogP contribution is 2.36. The number of amides is 1. The largest absolute Gasteiger partial charge is 0.396 e. The quantitative estimate of drug-likeness (QED) is 0.698. The van der Waals surface area contributed by atoms with E-state index in [-0.39, 0.29) is 24.0 Å². The highest BCUT2D eigenvalue weighted by molar-refractivity contribution is 5.81. The van der Waals surface area contributed by atoms with E-state index in [2.05, 4.69) is 10.6 Å². The Morgan fingerprint density at radius 1 is 1.20 bits per heavy atom. The van der Waals surface area contributed by atoms with Gasteiger partial charge in [0.25, 0.3) is 0 Å². The highest BCUT2D eigenvalue weighted by Gasteiger charge is 2.33. The van der Waals surface area contributed by atoms with E-state index >= 15 is 0 Å². The van der Waals surface area contributed by atoms with Crippen LogP contribution in [0.25, 0.3) is 0 Å². The number of hydrogen-bond donors (Lipinski definition) is 3. The molecule has 2 aliphatic rings. The van der Waals surface area contributed by atoms with Crippen LogP contribution in [-0.4, -0.2) is 36.2 Å². The number of aliphatic hydroxyl groups excluding tert-OH is 1. The maximum absolute atomic E-state index is 12.2. The minimum Gasteiger partial charge on any atom is -0.396 e. The van der Waals surface area contributed by atoms with Gasteiger partial charge in [-0.15, -0.1) is 0 Å². The molecule has 0 radical (unpaired) electrons. The molecule has 3 N–H and O–H groups in total. The van der Waals surface area contributed by atoms with Gasteiger partial charge in [0.1, 0.15) is 0 Å². The van der Waals surface area contributed by atoms with Crippen LogP contribution in [0.4, 0.5) is 0 Å². The van der Waals surface area contributed by atoms with E-state index in [4.69, 9.17) is 0 Å². The molecule has 0 aromatic rings. The predicted molar refractivity (Wildman–Crippen MR) is 80.5 cm³/mol. The topological polar surface area (TPSA) is 61.4 Å². The molecule has 0 aromatic heterocycles. The summed E-state index contributed by atoms with van der Waals surface area (Å²) in [6, 6.07) is 0.208. The molecule has 116 valence electrons. The number of aliphatic hydroxyl groups is 1. The van der Waals surface area contributed by atoms with Gasteiger partial charge in [-0.1, -0.05) is 32.1 Å². The molecule has 2 aliphatic carbocycles. The average Bonchev–Trinajstić information content (AvgIpc) is 2.95. The summed E-state index contributed by atoms with van der Waals surface area (Å²) in [4.78, 5) is 12.2. The molecule has 2 rings (SSSR count). The third-order valence-electron chi connectivity index (χ3n) is 5.13. The van der Waals surface area contributed by atoms with Crippen LogP contribution in [0.1, 0.15) is 64.7 Å². The first-order valence-corrected chi connectivity index (χ1v) is 8.30. The first-order valence-electron chi connectivity index (χ1n) is 8.30. The van der Waals surface area contributed by atoms with E-state index < -0.39 is 0 Å². The second-order valence-corrected chi connectivity index (χ2v) is 6.81. The van der Waals surface area contributed by atoms with E-state index in [1.54, 1.807) is 0 Å². The second-order valence-electron chi connectivity index (χ2n) is 6.81. The fourth-order valence-electron chi connectivity index (χ4n) is 3.55. The van der Waals surface area contributed by atoms with Crippen molar-refractivity contribution in [3.63, 3.8) is 0 Å². The first kappa shape index (κ1) is 15.8. The van der Waals surface area contributed by atoms with Crippen molar-refractivity contribution in [3.05, 3.63) is 0 Å². The Labute approximate surface area is 122 Å². The van der Waals surface area contributed by atoms with Crippen molar-refractivity contribution in [2.24, 2.45) is 5.41 Å². The van der Waals surface area contributed by atoms with E-state index in [1.165, 1.54) is 32.1 Å². The lowest BCUT2D eigenvalue weighted by Gasteiger charge is -2.29. The predicted octanol–water partition coefficient (Wildman–Crippen LogP) is 1.97. The summed E-state index contributed by atoms with van der Waals surface area (Å²) < 4.78 is 0. The van der Waals surface area contributed by atoms with Crippen molar-refractivity contribution in [3.8, 4) is 0 Å². The summed E-state index contributed by atoms with van der Waals surface area (Å²) in [6.45, 7) is 2.91. The zero-order valence-corrected chi connectivity index (χ0v) is 12.8. The molecule has 4 nitrogen and oxygen atoms in total. The Kier molecular flexibility index (Phi) is 5.85. The van der Waals surface area contributed by atoms with Gasteiger partial charge in [0, 0.05) is 24.6 Å². The molecule has 0 aliphatic heterocycles. The third-order valence-corrected chi connectivity index (χ3v) is 5.13. The van der Waals surface area contributed by atoms with Crippen LogP contribution < -0.4 is 10.6 Å². The van der Waals surface area contributed by atoms with E-state index in [9.17, 15) is 9.90 Å². The number of nitrogens with one attached hydrogen (secondary N) is 2. The average molecular weight is 282 g/mol. The summed E-state index contributed by atoms with van der Waals surface area (Å²) >= 11 is 0. The summed E-state index contributed by atoms with van der Waals surface area (Å²) in [5.41, 5.74) is 0.0133. The van der Waals surface area contributed by atoms with Gasteiger partial charge in [-0.05, 0) is 32.6 Å². The van der Waals surface area contributed by atoms with Gasteiger partial charge in [0.15, 0.2) is 0 Å². The van der Waals surface area contributed by atoms with Crippen molar-refractivity contribution >= 4 is 5.91 Å². The van der Waals surface area contributed by atoms with Crippen molar-refractivity contribution in [1.82, 2.24) is 10.6 Å². The Morgan fingerprint density at radius 2 is 1.85 bits per heavy atom. The van der Waals surface area contributed by atoms with Crippen molar-refractivity contribution in [2.75, 3.05) is 13.2 Å². The summed E-state index contributed by atoms with van der Waals surface area (Å²) in [6.07, 6.45) is 10.6. The van der Waals surface area contributed by atoms with Crippen LogP contribution in [-0.2, 0) is 4.79 Å². The first-order chi connectivity index (χ1) is 9.65. The molecule has 0 saturated heterocycles. The molecule has 0 spiro atoms. The lowest BCUT2D eigenvalue weighted by molar-refractivity contribution is -0.123. The standard InChI is InChI=1S/C16H30N2O2/c1-13(15(20)18-14-7-3-2-4-8-14)17-11-16(12-19)9-5-6-10-16/h13-14,17,19H,2-12H2,1H3,(H,18,20). The number of hydrogen-bond acceptors (Lipinski definition) is 3. The van der Waals surface area contributed by atoms with Gasteiger partial charge in [0.05, 0.1) is 6.04 Å². The van der Waals surface area contributed by atoms with Gasteiger partial charge in [0.2, 0.25) is 5.91 Å². The lowest BCUT2D eigenvalue weighted by Crippen LogP contribution is -2.49. The van der Waals surface area contributed by atoms with Crippen LogP contribution in [0.15, 0.2) is 0 Å². The summed E-state index contributed by atoms with van der Waals surface area (Å²) in [7, 11) is 0. The fourth-order valence-corrected chi connectivity index (χ4v) is 3.55. The number of rotatable bonds is 6. The smallest absolute Gasteiger partial charge is 0.237 e. The molecular weight excluding hydrogens is 252 g/mol. The fraction of sp³-hybridized carbons (Fsp3) is 0.938. The maximum Gasteiger partial charge on any atom is 0.237 e. The zero-order chi connectivity index (χ0) is 14.4. The van der Waals surface area contributed by atoms with Gasteiger partial charge in [-0.2, -0.15) is 0 Å². The third kappa shape index (κ3) is 4.19. The van der Waals surface area contributed by atoms with Gasteiger partial charge in [-0.25, -0.2) is 0 Å². The number of carbonyl (C=O) groups is 1. The van der Waals surface area contributed by atoms with Crippen LogP contribution in [0.5, 0.6) is 0 Å². The minimum absolute atomic E-state index is 0.0133.